The van der Waals surface area contributed by atoms with Crippen LogP contribution in [0.25, 0.3) is 11.3 Å². The Balaban J connectivity index is 2.29. The molecule has 90 valence electrons. The second-order valence-corrected chi connectivity index (χ2v) is 5.41. The molecule has 0 aliphatic carbocycles. The number of aromatic nitrogens is 1. The minimum Gasteiger partial charge on any atom is -0.359 e. The first-order chi connectivity index (χ1) is 8.00. The van der Waals surface area contributed by atoms with E-state index in [9.17, 15) is 0 Å². The van der Waals surface area contributed by atoms with Crippen molar-refractivity contribution in [1.29, 1.82) is 0 Å². The van der Waals surface area contributed by atoms with E-state index in [0.717, 1.165) is 11.3 Å². The van der Waals surface area contributed by atoms with Gasteiger partial charge in [-0.3, -0.25) is 0 Å². The molecule has 0 saturated heterocycles. The van der Waals surface area contributed by atoms with E-state index in [2.05, 4.69) is 50.2 Å². The zero-order valence-corrected chi connectivity index (χ0v) is 11.1. The number of hydrogen-bond acceptors (Lipinski definition) is 2. The molecule has 0 unspecified atom stereocenters. The Bertz CT molecular complexity index is 494. The fourth-order valence-corrected chi connectivity index (χ4v) is 1.78. The first kappa shape index (κ1) is 12.2. The fourth-order valence-electron chi connectivity index (χ4n) is 1.65. The van der Waals surface area contributed by atoms with Gasteiger partial charge in [0.1, 0.15) is 5.69 Å². The Labute approximate surface area is 107 Å². The van der Waals surface area contributed by atoms with Gasteiger partial charge in [-0.05, 0) is 11.0 Å². The van der Waals surface area contributed by atoms with Crippen LogP contribution in [0.4, 0.5) is 0 Å². The Morgan fingerprint density at radius 2 is 1.82 bits per heavy atom. The second-order valence-electron chi connectivity index (χ2n) is 5.14. The maximum Gasteiger partial charge on any atom is 0.152 e. The molecule has 0 aliphatic heterocycles. The van der Waals surface area contributed by atoms with E-state index in [4.69, 9.17) is 16.1 Å². The van der Waals surface area contributed by atoms with Crippen molar-refractivity contribution in [3.8, 4) is 11.3 Å². The molecule has 0 saturated carbocycles. The second kappa shape index (κ2) is 4.53. The largest absolute Gasteiger partial charge is 0.359 e. The van der Waals surface area contributed by atoms with Gasteiger partial charge in [-0.2, -0.15) is 0 Å². The number of benzene rings is 1. The number of halogens is 1. The molecule has 2 nitrogen and oxygen atoms in total. The molecular formula is C14H16ClNO. The zero-order valence-electron chi connectivity index (χ0n) is 10.3. The summed E-state index contributed by atoms with van der Waals surface area (Å²) in [6, 6.07) is 10.3. The van der Waals surface area contributed by atoms with Crippen molar-refractivity contribution in [3.63, 3.8) is 0 Å². The highest BCUT2D eigenvalue weighted by Crippen LogP contribution is 2.26. The standard InChI is InChI=1S/C14H16ClNO/c1-14(2,3)11-6-4-10(5-7-11)13-8-12(9-15)17-16-13/h4-8H,9H2,1-3H3. The third-order valence-electron chi connectivity index (χ3n) is 2.74. The SMILES string of the molecule is CC(C)(C)c1ccc(-c2cc(CCl)on2)cc1. The van der Waals surface area contributed by atoms with E-state index in [-0.39, 0.29) is 5.41 Å². The lowest BCUT2D eigenvalue weighted by molar-refractivity contribution is 0.396. The molecule has 1 aromatic heterocycles. The Morgan fingerprint density at radius 1 is 1.18 bits per heavy atom. The number of rotatable bonds is 2. The van der Waals surface area contributed by atoms with Gasteiger partial charge in [0.05, 0.1) is 5.88 Å². The predicted molar refractivity (Wildman–Crippen MR) is 70.2 cm³/mol. The molecule has 0 atom stereocenters. The van der Waals surface area contributed by atoms with E-state index >= 15 is 0 Å². The van der Waals surface area contributed by atoms with Crippen LogP contribution in [0.5, 0.6) is 0 Å². The lowest BCUT2D eigenvalue weighted by Crippen LogP contribution is -2.10. The summed E-state index contributed by atoms with van der Waals surface area (Å²) in [6.07, 6.45) is 0. The Morgan fingerprint density at radius 3 is 2.29 bits per heavy atom. The number of hydrogen-bond donors (Lipinski definition) is 0. The number of alkyl halides is 1. The molecular weight excluding hydrogens is 234 g/mol. The van der Waals surface area contributed by atoms with Crippen molar-refractivity contribution in [2.45, 2.75) is 32.1 Å². The summed E-state index contributed by atoms with van der Waals surface area (Å²) in [4.78, 5) is 0. The average Bonchev–Trinajstić information content (AvgIpc) is 2.76. The van der Waals surface area contributed by atoms with E-state index in [1.807, 2.05) is 6.07 Å². The average molecular weight is 250 g/mol. The highest BCUT2D eigenvalue weighted by atomic mass is 35.5. The van der Waals surface area contributed by atoms with Crippen LogP contribution in [0, 0.1) is 0 Å². The topological polar surface area (TPSA) is 26.0 Å². The van der Waals surface area contributed by atoms with Crippen molar-refractivity contribution < 1.29 is 4.52 Å². The van der Waals surface area contributed by atoms with Gasteiger partial charge in [0.2, 0.25) is 0 Å². The summed E-state index contributed by atoms with van der Waals surface area (Å²) in [5.41, 5.74) is 3.37. The minimum absolute atomic E-state index is 0.170. The van der Waals surface area contributed by atoms with E-state index in [0.29, 0.717) is 11.6 Å². The van der Waals surface area contributed by atoms with Gasteiger partial charge in [-0.1, -0.05) is 50.2 Å². The molecule has 0 spiro atoms. The fraction of sp³-hybridized carbons (Fsp3) is 0.357. The van der Waals surface area contributed by atoms with Crippen LogP contribution >= 0.6 is 11.6 Å². The van der Waals surface area contributed by atoms with Crippen molar-refractivity contribution in [3.05, 3.63) is 41.7 Å². The van der Waals surface area contributed by atoms with Gasteiger partial charge in [0.25, 0.3) is 0 Å². The van der Waals surface area contributed by atoms with Gasteiger partial charge in [-0.15, -0.1) is 11.6 Å². The maximum absolute atomic E-state index is 5.68. The first-order valence-electron chi connectivity index (χ1n) is 5.63. The molecule has 0 N–H and O–H groups in total. The predicted octanol–water partition coefficient (Wildman–Crippen LogP) is 4.38. The lowest BCUT2D eigenvalue weighted by atomic mass is 9.86. The highest BCUT2D eigenvalue weighted by Gasteiger charge is 2.13. The number of nitrogens with zero attached hydrogens (tertiary/aromatic N) is 1. The van der Waals surface area contributed by atoms with E-state index in [1.54, 1.807) is 0 Å². The Kier molecular flexibility index (Phi) is 3.25. The van der Waals surface area contributed by atoms with Crippen molar-refractivity contribution >= 4 is 11.6 Å². The van der Waals surface area contributed by atoms with E-state index < -0.39 is 0 Å². The molecule has 0 bridgehead atoms. The summed E-state index contributed by atoms with van der Waals surface area (Å²) in [6.45, 7) is 6.59. The van der Waals surface area contributed by atoms with Gasteiger partial charge >= 0.3 is 0 Å². The molecule has 0 radical (unpaired) electrons. The van der Waals surface area contributed by atoms with Crippen LogP contribution in [-0.4, -0.2) is 5.16 Å². The molecule has 17 heavy (non-hydrogen) atoms. The van der Waals surface area contributed by atoms with Crippen molar-refractivity contribution in [1.82, 2.24) is 5.16 Å². The summed E-state index contributed by atoms with van der Waals surface area (Å²) in [7, 11) is 0. The third kappa shape index (κ3) is 2.70. The summed E-state index contributed by atoms with van der Waals surface area (Å²) < 4.78 is 5.08. The molecule has 0 amide bonds. The van der Waals surface area contributed by atoms with Crippen LogP contribution in [0.15, 0.2) is 34.9 Å². The van der Waals surface area contributed by atoms with Crippen LogP contribution in [0.3, 0.4) is 0 Å². The van der Waals surface area contributed by atoms with Gasteiger partial charge in [-0.25, -0.2) is 0 Å². The van der Waals surface area contributed by atoms with Crippen LogP contribution in [-0.2, 0) is 11.3 Å². The Hall–Kier alpha value is -1.28. The van der Waals surface area contributed by atoms with Crippen molar-refractivity contribution in [2.75, 3.05) is 0 Å². The first-order valence-corrected chi connectivity index (χ1v) is 6.16. The summed E-state index contributed by atoms with van der Waals surface area (Å²) in [5, 5.41) is 3.99. The zero-order chi connectivity index (χ0) is 12.5. The molecule has 0 fully saturated rings. The smallest absolute Gasteiger partial charge is 0.152 e. The molecule has 0 aliphatic rings. The summed E-state index contributed by atoms with van der Waals surface area (Å²) in [5.74, 6) is 1.05. The molecule has 2 rings (SSSR count). The maximum atomic E-state index is 5.68. The molecule has 2 aromatic rings. The third-order valence-corrected chi connectivity index (χ3v) is 3.00. The normalized spacial score (nSPS) is 11.8. The van der Waals surface area contributed by atoms with Crippen LogP contribution in [0.2, 0.25) is 0 Å². The highest BCUT2D eigenvalue weighted by molar-refractivity contribution is 6.16. The summed E-state index contributed by atoms with van der Waals surface area (Å²) >= 11 is 5.68. The van der Waals surface area contributed by atoms with Gasteiger partial charge in [0, 0.05) is 11.6 Å². The van der Waals surface area contributed by atoms with Gasteiger partial charge < -0.3 is 4.52 Å². The van der Waals surface area contributed by atoms with Crippen LogP contribution < -0.4 is 0 Å². The lowest BCUT2D eigenvalue weighted by Gasteiger charge is -2.18. The quantitative estimate of drug-likeness (QED) is 0.739. The molecule has 1 aromatic carbocycles. The van der Waals surface area contributed by atoms with E-state index in [1.165, 1.54) is 5.56 Å². The van der Waals surface area contributed by atoms with Crippen molar-refractivity contribution in [2.24, 2.45) is 0 Å². The molecule has 3 heteroatoms. The minimum atomic E-state index is 0.170. The monoisotopic (exact) mass is 249 g/mol. The molecule has 1 heterocycles. The van der Waals surface area contributed by atoms with Gasteiger partial charge in [0.15, 0.2) is 5.76 Å². The van der Waals surface area contributed by atoms with Crippen LogP contribution in [0.1, 0.15) is 32.1 Å².